The molecule has 0 aromatic rings. The van der Waals surface area contributed by atoms with Gasteiger partial charge in [-0.25, -0.2) is 0 Å². The lowest BCUT2D eigenvalue weighted by molar-refractivity contribution is -0.0659. The first kappa shape index (κ1) is 12.4. The average molecular weight is 225 g/mol. The molecular formula is C14H27NO. The first-order valence-corrected chi connectivity index (χ1v) is 7.23. The zero-order chi connectivity index (χ0) is 11.3. The van der Waals surface area contributed by atoms with Gasteiger partial charge in [0.1, 0.15) is 0 Å². The molecule has 2 aliphatic rings. The van der Waals surface area contributed by atoms with E-state index in [1.165, 1.54) is 57.8 Å². The topological polar surface area (TPSA) is 21.3 Å². The van der Waals surface area contributed by atoms with E-state index in [0.717, 1.165) is 13.1 Å². The molecule has 0 amide bonds. The van der Waals surface area contributed by atoms with Crippen LogP contribution in [0.3, 0.4) is 0 Å². The van der Waals surface area contributed by atoms with Gasteiger partial charge in [0.25, 0.3) is 0 Å². The van der Waals surface area contributed by atoms with Crippen LogP contribution in [0.25, 0.3) is 0 Å². The summed E-state index contributed by atoms with van der Waals surface area (Å²) in [5.41, 5.74) is 0.321. The highest BCUT2D eigenvalue weighted by Gasteiger charge is 2.40. The lowest BCUT2D eigenvalue weighted by atomic mass is 9.83. The molecule has 16 heavy (non-hydrogen) atoms. The van der Waals surface area contributed by atoms with E-state index >= 15 is 0 Å². The van der Waals surface area contributed by atoms with Crippen molar-refractivity contribution < 1.29 is 4.74 Å². The number of hydrogen-bond acceptors (Lipinski definition) is 2. The summed E-state index contributed by atoms with van der Waals surface area (Å²) in [7, 11) is 0. The van der Waals surface area contributed by atoms with Crippen LogP contribution in [0.5, 0.6) is 0 Å². The van der Waals surface area contributed by atoms with Crippen LogP contribution in [0.1, 0.15) is 64.7 Å². The van der Waals surface area contributed by atoms with Crippen LogP contribution in [0.4, 0.5) is 0 Å². The van der Waals surface area contributed by atoms with Crippen molar-refractivity contribution in [3.63, 3.8) is 0 Å². The monoisotopic (exact) mass is 225 g/mol. The Balaban J connectivity index is 1.66. The summed E-state index contributed by atoms with van der Waals surface area (Å²) >= 11 is 0. The van der Waals surface area contributed by atoms with Crippen molar-refractivity contribution in [1.29, 1.82) is 0 Å². The molecule has 0 aromatic carbocycles. The molecule has 94 valence electrons. The third kappa shape index (κ3) is 3.21. The minimum Gasteiger partial charge on any atom is -0.372 e. The van der Waals surface area contributed by atoms with Gasteiger partial charge in [0.05, 0.1) is 11.7 Å². The Morgan fingerprint density at radius 2 is 2.00 bits per heavy atom. The maximum absolute atomic E-state index is 6.34. The van der Waals surface area contributed by atoms with Crippen molar-refractivity contribution in [2.45, 2.75) is 76.4 Å². The van der Waals surface area contributed by atoms with E-state index in [-0.39, 0.29) is 0 Å². The Hall–Kier alpha value is -0.0800. The minimum atomic E-state index is 0.321. The molecule has 1 aliphatic carbocycles. The van der Waals surface area contributed by atoms with Gasteiger partial charge in [-0.15, -0.1) is 0 Å². The quantitative estimate of drug-likeness (QED) is 0.725. The molecule has 1 saturated carbocycles. The van der Waals surface area contributed by atoms with Crippen LogP contribution < -0.4 is 5.32 Å². The number of nitrogens with one attached hydrogen (secondary N) is 1. The van der Waals surface area contributed by atoms with E-state index in [9.17, 15) is 0 Å². The smallest absolute Gasteiger partial charge is 0.0687 e. The Bertz CT molecular complexity index is 199. The van der Waals surface area contributed by atoms with Crippen LogP contribution in [-0.2, 0) is 4.74 Å². The molecule has 2 rings (SSSR count). The van der Waals surface area contributed by atoms with Crippen molar-refractivity contribution >= 4 is 0 Å². The van der Waals surface area contributed by atoms with Crippen LogP contribution in [0.2, 0.25) is 0 Å². The van der Waals surface area contributed by atoms with Gasteiger partial charge in [0, 0.05) is 0 Å². The predicted octanol–water partition coefficient (Wildman–Crippen LogP) is 3.26. The SMILES string of the molecule is CCNCCCC1CCC2(CCCCC2)O1. The maximum atomic E-state index is 6.34. The number of hydrogen-bond donors (Lipinski definition) is 1. The third-order valence-electron chi connectivity index (χ3n) is 4.23. The molecule has 0 radical (unpaired) electrons. The molecule has 1 unspecified atom stereocenters. The second kappa shape index (κ2) is 6.02. The fraction of sp³-hybridized carbons (Fsp3) is 1.00. The van der Waals surface area contributed by atoms with Gasteiger partial charge in [-0.2, -0.15) is 0 Å². The molecule has 1 N–H and O–H groups in total. The summed E-state index contributed by atoms with van der Waals surface area (Å²) in [6.45, 7) is 4.42. The summed E-state index contributed by atoms with van der Waals surface area (Å²) in [5, 5.41) is 3.39. The second-order valence-corrected chi connectivity index (χ2v) is 5.52. The molecular weight excluding hydrogens is 198 g/mol. The molecule has 1 saturated heterocycles. The summed E-state index contributed by atoms with van der Waals surface area (Å²) < 4.78 is 6.34. The summed E-state index contributed by atoms with van der Waals surface area (Å²) in [5.74, 6) is 0. The van der Waals surface area contributed by atoms with E-state index < -0.39 is 0 Å². The highest BCUT2D eigenvalue weighted by molar-refractivity contribution is 4.91. The van der Waals surface area contributed by atoms with Crippen molar-refractivity contribution in [1.82, 2.24) is 5.32 Å². The van der Waals surface area contributed by atoms with Gasteiger partial charge in [-0.3, -0.25) is 0 Å². The van der Waals surface area contributed by atoms with Crippen LogP contribution in [-0.4, -0.2) is 24.8 Å². The van der Waals surface area contributed by atoms with Crippen molar-refractivity contribution in [3.05, 3.63) is 0 Å². The second-order valence-electron chi connectivity index (χ2n) is 5.52. The van der Waals surface area contributed by atoms with Gasteiger partial charge in [-0.05, 0) is 51.6 Å². The summed E-state index contributed by atoms with van der Waals surface area (Å²) in [4.78, 5) is 0. The molecule has 1 atom stereocenters. The third-order valence-corrected chi connectivity index (χ3v) is 4.23. The van der Waals surface area contributed by atoms with Gasteiger partial charge >= 0.3 is 0 Å². The van der Waals surface area contributed by atoms with Gasteiger partial charge in [-0.1, -0.05) is 26.2 Å². The zero-order valence-electron chi connectivity index (χ0n) is 10.8. The fourth-order valence-electron chi connectivity index (χ4n) is 3.29. The van der Waals surface area contributed by atoms with Gasteiger partial charge in [0.15, 0.2) is 0 Å². The van der Waals surface area contributed by atoms with E-state index in [1.807, 2.05) is 0 Å². The summed E-state index contributed by atoms with van der Waals surface area (Å²) in [6.07, 6.45) is 12.6. The van der Waals surface area contributed by atoms with Crippen molar-refractivity contribution in [2.75, 3.05) is 13.1 Å². The van der Waals surface area contributed by atoms with E-state index in [0.29, 0.717) is 11.7 Å². The normalized spacial score (nSPS) is 28.7. The molecule has 1 aliphatic heterocycles. The van der Waals surface area contributed by atoms with Crippen molar-refractivity contribution in [2.24, 2.45) is 0 Å². The predicted molar refractivity (Wildman–Crippen MR) is 67.7 cm³/mol. The zero-order valence-corrected chi connectivity index (χ0v) is 10.8. The number of rotatable bonds is 5. The Labute approximate surface area is 100 Å². The number of ether oxygens (including phenoxy) is 1. The first-order valence-electron chi connectivity index (χ1n) is 7.23. The molecule has 2 fully saturated rings. The molecule has 0 bridgehead atoms. The average Bonchev–Trinajstić information content (AvgIpc) is 2.69. The Morgan fingerprint density at radius 3 is 2.75 bits per heavy atom. The first-order chi connectivity index (χ1) is 7.85. The molecule has 0 aromatic heterocycles. The van der Waals surface area contributed by atoms with Crippen LogP contribution >= 0.6 is 0 Å². The lowest BCUT2D eigenvalue weighted by Gasteiger charge is -2.33. The van der Waals surface area contributed by atoms with Crippen LogP contribution in [0.15, 0.2) is 0 Å². The van der Waals surface area contributed by atoms with E-state index in [2.05, 4.69) is 12.2 Å². The molecule has 1 spiro atoms. The van der Waals surface area contributed by atoms with Gasteiger partial charge in [0.2, 0.25) is 0 Å². The largest absolute Gasteiger partial charge is 0.372 e. The van der Waals surface area contributed by atoms with Crippen molar-refractivity contribution in [3.8, 4) is 0 Å². The van der Waals surface area contributed by atoms with Crippen LogP contribution in [0, 0.1) is 0 Å². The Kier molecular flexibility index (Phi) is 4.66. The Morgan fingerprint density at radius 1 is 1.19 bits per heavy atom. The minimum absolute atomic E-state index is 0.321. The molecule has 1 heterocycles. The fourth-order valence-corrected chi connectivity index (χ4v) is 3.29. The molecule has 2 nitrogen and oxygen atoms in total. The van der Waals surface area contributed by atoms with E-state index in [4.69, 9.17) is 4.74 Å². The summed E-state index contributed by atoms with van der Waals surface area (Å²) in [6, 6.07) is 0. The lowest BCUT2D eigenvalue weighted by Crippen LogP contribution is -2.31. The maximum Gasteiger partial charge on any atom is 0.0687 e. The van der Waals surface area contributed by atoms with Gasteiger partial charge < -0.3 is 10.1 Å². The highest BCUT2D eigenvalue weighted by Crippen LogP contribution is 2.42. The van der Waals surface area contributed by atoms with E-state index in [1.54, 1.807) is 0 Å². The highest BCUT2D eigenvalue weighted by atomic mass is 16.5. The standard InChI is InChI=1S/C14H27NO/c1-2-15-12-6-7-13-8-11-14(16-13)9-4-3-5-10-14/h13,15H,2-12H2,1H3. The molecule has 2 heteroatoms.